The molecule has 0 bridgehead atoms. The first kappa shape index (κ1) is 14.3. The van der Waals surface area contributed by atoms with Crippen molar-refractivity contribution < 1.29 is 13.6 Å². The molecule has 0 fully saturated rings. The van der Waals surface area contributed by atoms with Gasteiger partial charge in [0.25, 0.3) is 5.91 Å². The fraction of sp³-hybridized carbons (Fsp3) is 0. The molecule has 0 aliphatic heterocycles. The van der Waals surface area contributed by atoms with E-state index in [1.54, 1.807) is 24.3 Å². The van der Waals surface area contributed by atoms with Gasteiger partial charge in [-0.1, -0.05) is 23.7 Å². The Hall–Kier alpha value is -2.66. The molecule has 0 spiro atoms. The van der Waals surface area contributed by atoms with Gasteiger partial charge in [0.2, 0.25) is 0 Å². The summed E-state index contributed by atoms with van der Waals surface area (Å²) in [6.07, 6.45) is 0. The van der Waals surface area contributed by atoms with Crippen LogP contribution in [-0.4, -0.2) is 5.91 Å². The van der Waals surface area contributed by atoms with Crippen molar-refractivity contribution >= 4 is 34.2 Å². The van der Waals surface area contributed by atoms with Gasteiger partial charge in [0, 0.05) is 11.1 Å². The molecule has 3 rings (SSSR count). The first-order valence-electron chi connectivity index (χ1n) is 6.34. The first-order chi connectivity index (χ1) is 10.5. The second-order valence-electron chi connectivity index (χ2n) is 4.55. The molecule has 110 valence electrons. The zero-order valence-electron chi connectivity index (χ0n) is 11.1. The van der Waals surface area contributed by atoms with Crippen molar-refractivity contribution in [2.24, 2.45) is 0 Å². The Kier molecular flexibility index (Phi) is 3.65. The van der Waals surface area contributed by atoms with Crippen molar-refractivity contribution in [3.05, 3.63) is 75.4 Å². The number of fused-ring (bicyclic) bond motifs is 1. The summed E-state index contributed by atoms with van der Waals surface area (Å²) in [5, 5.41) is 2.93. The van der Waals surface area contributed by atoms with Crippen LogP contribution in [0.25, 0.3) is 11.0 Å². The van der Waals surface area contributed by atoms with E-state index in [0.717, 1.165) is 12.1 Å². The Morgan fingerprint density at radius 2 is 1.91 bits per heavy atom. The lowest BCUT2D eigenvalue weighted by molar-refractivity contribution is 0.0996. The fourth-order valence-corrected chi connectivity index (χ4v) is 2.15. The van der Waals surface area contributed by atoms with Crippen molar-refractivity contribution in [3.8, 4) is 0 Å². The molecule has 1 heterocycles. The SMILES string of the molecule is O=C(Nc1ccc(Cl)cc1F)c1cc(=O)c2ccccc2o1. The number of amides is 1. The number of rotatable bonds is 2. The van der Waals surface area contributed by atoms with E-state index in [-0.39, 0.29) is 27.5 Å². The van der Waals surface area contributed by atoms with Gasteiger partial charge < -0.3 is 9.73 Å². The van der Waals surface area contributed by atoms with E-state index in [0.29, 0.717) is 5.39 Å². The molecule has 0 aliphatic rings. The molecule has 1 N–H and O–H groups in total. The number of anilines is 1. The second-order valence-corrected chi connectivity index (χ2v) is 4.99. The third-order valence-electron chi connectivity index (χ3n) is 3.04. The number of para-hydroxylation sites is 1. The van der Waals surface area contributed by atoms with Crippen molar-refractivity contribution in [3.63, 3.8) is 0 Å². The molecule has 3 aromatic rings. The van der Waals surface area contributed by atoms with Gasteiger partial charge in [-0.2, -0.15) is 0 Å². The Bertz CT molecular complexity index is 936. The average Bonchev–Trinajstić information content (AvgIpc) is 2.50. The van der Waals surface area contributed by atoms with E-state index in [4.69, 9.17) is 16.0 Å². The van der Waals surface area contributed by atoms with Gasteiger partial charge in [-0.15, -0.1) is 0 Å². The Morgan fingerprint density at radius 3 is 2.68 bits per heavy atom. The highest BCUT2D eigenvalue weighted by Crippen LogP contribution is 2.20. The number of halogens is 2. The van der Waals surface area contributed by atoms with Gasteiger partial charge >= 0.3 is 0 Å². The van der Waals surface area contributed by atoms with Crippen LogP contribution in [0.2, 0.25) is 5.02 Å². The summed E-state index contributed by atoms with van der Waals surface area (Å²) < 4.78 is 19.0. The highest BCUT2D eigenvalue weighted by atomic mass is 35.5. The number of nitrogens with one attached hydrogen (secondary N) is 1. The highest BCUT2D eigenvalue weighted by molar-refractivity contribution is 6.30. The first-order valence-corrected chi connectivity index (χ1v) is 6.72. The maximum Gasteiger partial charge on any atom is 0.291 e. The summed E-state index contributed by atoms with van der Waals surface area (Å²) in [7, 11) is 0. The molecule has 0 aliphatic carbocycles. The predicted molar refractivity (Wildman–Crippen MR) is 81.8 cm³/mol. The minimum Gasteiger partial charge on any atom is -0.451 e. The average molecular weight is 318 g/mol. The number of carbonyl (C=O) groups excluding carboxylic acids is 1. The maximum absolute atomic E-state index is 13.7. The van der Waals surface area contributed by atoms with E-state index >= 15 is 0 Å². The Labute approximate surface area is 129 Å². The van der Waals surface area contributed by atoms with Crippen LogP contribution in [0, 0.1) is 5.82 Å². The van der Waals surface area contributed by atoms with Crippen LogP contribution in [0.1, 0.15) is 10.6 Å². The molecule has 1 aromatic heterocycles. The van der Waals surface area contributed by atoms with E-state index < -0.39 is 11.7 Å². The van der Waals surface area contributed by atoms with Gasteiger partial charge in [0.15, 0.2) is 11.2 Å². The molecule has 0 atom stereocenters. The number of benzene rings is 2. The highest BCUT2D eigenvalue weighted by Gasteiger charge is 2.14. The van der Waals surface area contributed by atoms with Gasteiger partial charge in [-0.05, 0) is 30.3 Å². The molecule has 0 saturated carbocycles. The van der Waals surface area contributed by atoms with Crippen molar-refractivity contribution in [2.45, 2.75) is 0 Å². The molecular weight excluding hydrogens is 309 g/mol. The molecule has 4 nitrogen and oxygen atoms in total. The lowest BCUT2D eigenvalue weighted by Gasteiger charge is -2.06. The predicted octanol–water partition coefficient (Wildman–Crippen LogP) is 3.84. The van der Waals surface area contributed by atoms with Crippen molar-refractivity contribution in [1.82, 2.24) is 0 Å². The minimum atomic E-state index is -0.718. The van der Waals surface area contributed by atoms with Gasteiger partial charge in [0.05, 0.1) is 11.1 Å². The molecular formula is C16H9ClFNO3. The van der Waals surface area contributed by atoms with Crippen molar-refractivity contribution in [1.29, 1.82) is 0 Å². The smallest absolute Gasteiger partial charge is 0.291 e. The van der Waals surface area contributed by atoms with Crippen LogP contribution in [0.4, 0.5) is 10.1 Å². The van der Waals surface area contributed by atoms with Crippen LogP contribution < -0.4 is 10.7 Å². The van der Waals surface area contributed by atoms with Crippen LogP contribution in [0.15, 0.2) is 57.7 Å². The van der Waals surface area contributed by atoms with Crippen LogP contribution in [-0.2, 0) is 0 Å². The van der Waals surface area contributed by atoms with Crippen LogP contribution in [0.5, 0.6) is 0 Å². The van der Waals surface area contributed by atoms with E-state index in [2.05, 4.69) is 5.32 Å². The summed E-state index contributed by atoms with van der Waals surface area (Å²) in [5.74, 6) is -1.59. The third-order valence-corrected chi connectivity index (χ3v) is 3.27. The largest absolute Gasteiger partial charge is 0.451 e. The minimum absolute atomic E-state index is 0.0507. The number of hydrogen-bond donors (Lipinski definition) is 1. The zero-order valence-corrected chi connectivity index (χ0v) is 11.9. The van der Waals surface area contributed by atoms with E-state index in [9.17, 15) is 14.0 Å². The van der Waals surface area contributed by atoms with Gasteiger partial charge in [0.1, 0.15) is 11.4 Å². The molecule has 2 aromatic carbocycles. The summed E-state index contributed by atoms with van der Waals surface area (Å²) in [6.45, 7) is 0. The Balaban J connectivity index is 1.97. The lowest BCUT2D eigenvalue weighted by atomic mass is 10.2. The topological polar surface area (TPSA) is 59.3 Å². The van der Waals surface area contributed by atoms with Crippen LogP contribution >= 0.6 is 11.6 Å². The monoisotopic (exact) mass is 317 g/mol. The van der Waals surface area contributed by atoms with Gasteiger partial charge in [-0.3, -0.25) is 9.59 Å². The second kappa shape index (κ2) is 5.61. The van der Waals surface area contributed by atoms with E-state index in [1.165, 1.54) is 12.1 Å². The summed E-state index contributed by atoms with van der Waals surface area (Å²) in [4.78, 5) is 24.0. The Morgan fingerprint density at radius 1 is 1.14 bits per heavy atom. The number of carbonyl (C=O) groups is 1. The maximum atomic E-state index is 13.7. The molecule has 0 saturated heterocycles. The molecule has 6 heteroatoms. The number of hydrogen-bond acceptors (Lipinski definition) is 3. The normalized spacial score (nSPS) is 10.6. The molecule has 22 heavy (non-hydrogen) atoms. The molecule has 0 radical (unpaired) electrons. The summed E-state index contributed by atoms with van der Waals surface area (Å²) in [5.41, 5.74) is -0.106. The van der Waals surface area contributed by atoms with Crippen LogP contribution in [0.3, 0.4) is 0 Å². The zero-order chi connectivity index (χ0) is 15.7. The summed E-state index contributed by atoms with van der Waals surface area (Å²) >= 11 is 5.64. The van der Waals surface area contributed by atoms with Gasteiger partial charge in [-0.25, -0.2) is 4.39 Å². The van der Waals surface area contributed by atoms with E-state index in [1.807, 2.05) is 0 Å². The lowest BCUT2D eigenvalue weighted by Crippen LogP contribution is -2.15. The molecule has 0 unspecified atom stereocenters. The third kappa shape index (κ3) is 2.71. The van der Waals surface area contributed by atoms with Crippen molar-refractivity contribution in [2.75, 3.05) is 5.32 Å². The molecule has 1 amide bonds. The summed E-state index contributed by atoms with van der Waals surface area (Å²) in [6, 6.07) is 11.5. The quantitative estimate of drug-likeness (QED) is 0.781. The standard InChI is InChI=1S/C16H9ClFNO3/c17-9-5-6-12(11(18)7-9)19-16(21)15-8-13(20)10-3-1-2-4-14(10)22-15/h1-8H,(H,19,21). The fourth-order valence-electron chi connectivity index (χ4n) is 1.99.